The maximum Gasteiger partial charge on any atom is 0.266 e. The van der Waals surface area contributed by atoms with Gasteiger partial charge >= 0.3 is 0 Å². The number of nitrogens with two attached hydrogens (primary N) is 1. The lowest BCUT2D eigenvalue weighted by molar-refractivity contribution is 0.199. The van der Waals surface area contributed by atoms with E-state index in [1.165, 1.54) is 11.3 Å². The minimum atomic E-state index is -0.510. The van der Waals surface area contributed by atoms with Crippen molar-refractivity contribution in [2.45, 2.75) is 13.0 Å². The van der Waals surface area contributed by atoms with Gasteiger partial charge < -0.3 is 15.8 Å². The third-order valence-electron chi connectivity index (χ3n) is 4.31. The van der Waals surface area contributed by atoms with Gasteiger partial charge in [-0.15, -0.1) is 11.3 Å². The van der Waals surface area contributed by atoms with E-state index in [-0.39, 0.29) is 5.56 Å². The summed E-state index contributed by atoms with van der Waals surface area (Å²) in [7, 11) is 0. The van der Waals surface area contributed by atoms with Crippen LogP contribution in [0.3, 0.4) is 0 Å². The molecule has 1 atom stereocenters. The monoisotopic (exact) mass is 336 g/mol. The highest BCUT2D eigenvalue weighted by atomic mass is 32.1. The van der Waals surface area contributed by atoms with Gasteiger partial charge in [-0.3, -0.25) is 4.79 Å². The molecule has 2 aromatic heterocycles. The summed E-state index contributed by atoms with van der Waals surface area (Å²) < 4.78 is 0.704. The summed E-state index contributed by atoms with van der Waals surface area (Å²) in [5.41, 5.74) is 10.4. The maximum atomic E-state index is 12.2. The molecular weight excluding hydrogens is 320 g/mol. The number of nitrogens with one attached hydrogen (secondary N) is 1. The molecule has 0 aliphatic heterocycles. The molecular formula is C19H16N2O2S. The van der Waals surface area contributed by atoms with E-state index in [1.54, 1.807) is 6.92 Å². The summed E-state index contributed by atoms with van der Waals surface area (Å²) in [6, 6.07) is 13.3. The van der Waals surface area contributed by atoms with Crippen molar-refractivity contribution in [3.63, 3.8) is 0 Å². The number of benzene rings is 2. The summed E-state index contributed by atoms with van der Waals surface area (Å²) in [6.45, 7) is 1.74. The highest BCUT2D eigenvalue weighted by Gasteiger charge is 2.14. The van der Waals surface area contributed by atoms with Gasteiger partial charge in [-0.2, -0.15) is 0 Å². The van der Waals surface area contributed by atoms with Crippen LogP contribution < -0.4 is 11.3 Å². The number of thiophene rings is 1. The second kappa shape index (κ2) is 5.47. The van der Waals surface area contributed by atoms with E-state index in [0.29, 0.717) is 10.4 Å². The molecule has 0 bridgehead atoms. The molecule has 4 nitrogen and oxygen atoms in total. The number of rotatable bonds is 2. The van der Waals surface area contributed by atoms with Crippen molar-refractivity contribution >= 4 is 38.0 Å². The Kier molecular flexibility index (Phi) is 3.40. The number of pyridine rings is 1. The first kappa shape index (κ1) is 14.9. The van der Waals surface area contributed by atoms with Gasteiger partial charge in [0.05, 0.1) is 6.10 Å². The Morgan fingerprint density at radius 1 is 1.12 bits per heavy atom. The quantitative estimate of drug-likeness (QED) is 0.483. The third-order valence-corrected chi connectivity index (χ3v) is 5.22. The Labute approximate surface area is 142 Å². The van der Waals surface area contributed by atoms with Crippen molar-refractivity contribution in [1.29, 1.82) is 0 Å². The van der Waals surface area contributed by atoms with Crippen molar-refractivity contribution in [1.82, 2.24) is 4.98 Å². The number of aromatic nitrogens is 1. The molecule has 120 valence electrons. The third kappa shape index (κ3) is 2.21. The summed E-state index contributed by atoms with van der Waals surface area (Å²) in [5.74, 6) is 0. The Balaban J connectivity index is 2.09. The number of hydrogen-bond acceptors (Lipinski definition) is 4. The lowest BCUT2D eigenvalue weighted by Gasteiger charge is -2.13. The van der Waals surface area contributed by atoms with Crippen LogP contribution in [-0.2, 0) is 0 Å². The van der Waals surface area contributed by atoms with Crippen LogP contribution in [-0.4, -0.2) is 10.1 Å². The van der Waals surface area contributed by atoms with Gasteiger partial charge in [0.2, 0.25) is 0 Å². The molecule has 5 heteroatoms. The first-order valence-electron chi connectivity index (χ1n) is 7.66. The lowest BCUT2D eigenvalue weighted by atomic mass is 9.95. The summed E-state index contributed by atoms with van der Waals surface area (Å²) in [6.07, 6.45) is -0.510. The fraction of sp³-hybridized carbons (Fsp3) is 0.105. The topological polar surface area (TPSA) is 79.1 Å². The molecule has 4 rings (SSSR count). The van der Waals surface area contributed by atoms with Crippen molar-refractivity contribution < 1.29 is 5.11 Å². The van der Waals surface area contributed by atoms with Crippen molar-refractivity contribution in [2.75, 3.05) is 5.73 Å². The minimum absolute atomic E-state index is 0.0762. The van der Waals surface area contributed by atoms with Gasteiger partial charge in [-0.05, 0) is 41.6 Å². The van der Waals surface area contributed by atoms with Crippen molar-refractivity contribution in [3.8, 4) is 11.1 Å². The highest BCUT2D eigenvalue weighted by Crippen LogP contribution is 2.38. The van der Waals surface area contributed by atoms with Crippen molar-refractivity contribution in [3.05, 3.63) is 63.8 Å². The molecule has 0 aliphatic rings. The Morgan fingerprint density at radius 3 is 2.58 bits per heavy atom. The standard InChI is InChI=1S/C19H16N2O2S/c1-10(22)11-2-4-12(5-3-11)16-14(20)6-7-15-17(16)13-8-9-24-18(13)19(23)21-15/h2-10,22H,20H2,1H3,(H,21,23). The van der Waals surface area contributed by atoms with E-state index >= 15 is 0 Å². The van der Waals surface area contributed by atoms with Crippen LogP contribution in [0.1, 0.15) is 18.6 Å². The molecule has 0 aliphatic carbocycles. The first-order chi connectivity index (χ1) is 11.6. The number of H-pyrrole nitrogens is 1. The van der Waals surface area contributed by atoms with Gasteiger partial charge in [-0.25, -0.2) is 0 Å². The number of nitrogen functional groups attached to an aromatic ring is 1. The van der Waals surface area contributed by atoms with Gasteiger partial charge in [0.15, 0.2) is 0 Å². The average Bonchev–Trinajstić information content (AvgIpc) is 3.06. The molecule has 4 N–H and O–H groups in total. The molecule has 0 spiro atoms. The van der Waals surface area contributed by atoms with Crippen LogP contribution in [0.2, 0.25) is 0 Å². The smallest absolute Gasteiger partial charge is 0.266 e. The predicted molar refractivity (Wildman–Crippen MR) is 100 cm³/mol. The molecule has 0 amide bonds. The van der Waals surface area contributed by atoms with E-state index in [1.807, 2.05) is 47.8 Å². The second-order valence-corrected chi connectivity index (χ2v) is 6.78. The van der Waals surface area contributed by atoms with Crippen LogP contribution in [0.5, 0.6) is 0 Å². The van der Waals surface area contributed by atoms with E-state index in [0.717, 1.165) is 33.0 Å². The normalized spacial score (nSPS) is 12.8. The summed E-state index contributed by atoms with van der Waals surface area (Å²) in [5, 5.41) is 13.5. The van der Waals surface area contributed by atoms with Crippen molar-refractivity contribution in [2.24, 2.45) is 0 Å². The van der Waals surface area contributed by atoms with Gasteiger partial charge in [0.1, 0.15) is 4.70 Å². The number of anilines is 1. The van der Waals surface area contributed by atoms with E-state index in [9.17, 15) is 9.90 Å². The molecule has 2 heterocycles. The number of aliphatic hydroxyl groups excluding tert-OH is 1. The second-order valence-electron chi connectivity index (χ2n) is 5.87. The predicted octanol–water partition coefficient (Wildman–Crippen LogP) is 4.05. The first-order valence-corrected chi connectivity index (χ1v) is 8.54. The van der Waals surface area contributed by atoms with Crippen LogP contribution in [0.15, 0.2) is 52.6 Å². The SMILES string of the molecule is CC(O)c1ccc(-c2c(N)ccc3[nH]c(=O)c4sccc4c23)cc1. The zero-order valence-corrected chi connectivity index (χ0v) is 13.9. The molecule has 24 heavy (non-hydrogen) atoms. The zero-order valence-electron chi connectivity index (χ0n) is 13.0. The molecule has 0 fully saturated rings. The Morgan fingerprint density at radius 2 is 1.88 bits per heavy atom. The zero-order chi connectivity index (χ0) is 16.8. The fourth-order valence-electron chi connectivity index (χ4n) is 3.10. The van der Waals surface area contributed by atoms with Crippen LogP contribution in [0.25, 0.3) is 32.1 Å². The average molecular weight is 336 g/mol. The van der Waals surface area contributed by atoms with E-state index in [4.69, 9.17) is 5.73 Å². The van der Waals surface area contributed by atoms with E-state index in [2.05, 4.69) is 4.98 Å². The number of aliphatic hydroxyl groups is 1. The fourth-order valence-corrected chi connectivity index (χ4v) is 3.90. The van der Waals surface area contributed by atoms with Gasteiger partial charge in [0.25, 0.3) is 5.56 Å². The largest absolute Gasteiger partial charge is 0.398 e. The number of aromatic amines is 1. The van der Waals surface area contributed by atoms with Gasteiger partial charge in [0, 0.05) is 27.5 Å². The summed E-state index contributed by atoms with van der Waals surface area (Å²) in [4.78, 5) is 15.1. The number of fused-ring (bicyclic) bond motifs is 3. The lowest BCUT2D eigenvalue weighted by Crippen LogP contribution is -2.05. The molecule has 4 aromatic rings. The molecule has 2 aromatic carbocycles. The Bertz CT molecular complexity index is 1110. The van der Waals surface area contributed by atoms with Gasteiger partial charge in [-0.1, -0.05) is 24.3 Å². The molecule has 0 saturated heterocycles. The number of hydrogen-bond donors (Lipinski definition) is 3. The van der Waals surface area contributed by atoms with Crippen LogP contribution >= 0.6 is 11.3 Å². The Hall–Kier alpha value is -2.63. The van der Waals surface area contributed by atoms with Crippen LogP contribution in [0, 0.1) is 0 Å². The molecule has 1 unspecified atom stereocenters. The highest BCUT2D eigenvalue weighted by molar-refractivity contribution is 7.17. The van der Waals surface area contributed by atoms with Crippen LogP contribution in [0.4, 0.5) is 5.69 Å². The van der Waals surface area contributed by atoms with E-state index < -0.39 is 6.10 Å². The minimum Gasteiger partial charge on any atom is -0.398 e. The molecule has 0 saturated carbocycles. The maximum absolute atomic E-state index is 12.2. The molecule has 0 radical (unpaired) electrons. The summed E-state index contributed by atoms with van der Waals surface area (Å²) >= 11 is 1.43.